The van der Waals surface area contributed by atoms with Gasteiger partial charge in [-0.2, -0.15) is 9.50 Å². The Hall–Kier alpha value is -3.13. The lowest BCUT2D eigenvalue weighted by atomic mass is 10.2. The molecule has 0 aliphatic carbocycles. The summed E-state index contributed by atoms with van der Waals surface area (Å²) in [6.45, 7) is 0. The van der Waals surface area contributed by atoms with E-state index in [1.807, 2.05) is 30.3 Å². The zero-order valence-corrected chi connectivity index (χ0v) is 18.3. The number of hydrogen-bond acceptors (Lipinski definition) is 6. The third kappa shape index (κ3) is 3.61. The first-order valence-electron chi connectivity index (χ1n) is 9.13. The molecule has 3 heterocycles. The summed E-state index contributed by atoms with van der Waals surface area (Å²) in [4.78, 5) is 17.8. The molecule has 154 valence electrons. The van der Waals surface area contributed by atoms with Crippen LogP contribution >= 0.6 is 34.5 Å². The molecule has 9 heteroatoms. The van der Waals surface area contributed by atoms with Gasteiger partial charge in [0, 0.05) is 17.2 Å². The summed E-state index contributed by atoms with van der Waals surface area (Å²) in [7, 11) is 1.60. The Morgan fingerprint density at radius 2 is 1.90 bits per heavy atom. The van der Waals surface area contributed by atoms with Crippen LogP contribution in [0.1, 0.15) is 5.76 Å². The highest BCUT2D eigenvalue weighted by atomic mass is 35.5. The lowest BCUT2D eigenvalue weighted by Crippen LogP contribution is -2.23. The molecule has 0 spiro atoms. The lowest BCUT2D eigenvalue weighted by molar-refractivity contribution is 0.415. The SMILES string of the molecule is COc1ccc(-c2nc3s/c(=C\c4ccc(-c5cccc(Cl)c5Cl)o4)c(=O)n3n2)cc1. The molecule has 0 atom stereocenters. The first-order valence-corrected chi connectivity index (χ1v) is 10.7. The highest BCUT2D eigenvalue weighted by molar-refractivity contribution is 7.15. The maximum atomic E-state index is 12.8. The van der Waals surface area contributed by atoms with Gasteiger partial charge < -0.3 is 9.15 Å². The van der Waals surface area contributed by atoms with E-state index in [-0.39, 0.29) is 5.56 Å². The van der Waals surface area contributed by atoms with Gasteiger partial charge in [-0.15, -0.1) is 5.10 Å². The van der Waals surface area contributed by atoms with Crippen LogP contribution in [0.25, 0.3) is 33.7 Å². The lowest BCUT2D eigenvalue weighted by Gasteiger charge is -2.01. The van der Waals surface area contributed by atoms with Crippen molar-refractivity contribution in [3.05, 3.63) is 85.3 Å². The fourth-order valence-corrected chi connectivity index (χ4v) is 4.38. The number of thiazole rings is 1. The Kier molecular flexibility index (Phi) is 5.02. The monoisotopic (exact) mass is 469 g/mol. The number of hydrogen-bond donors (Lipinski definition) is 0. The first-order chi connectivity index (χ1) is 15.0. The molecule has 0 saturated heterocycles. The Morgan fingerprint density at radius 1 is 1.10 bits per heavy atom. The summed E-state index contributed by atoms with van der Waals surface area (Å²) in [6, 6.07) is 16.2. The first kappa shape index (κ1) is 19.8. The normalized spacial score (nSPS) is 12.0. The molecule has 6 nitrogen and oxygen atoms in total. The number of ether oxygens (including phenoxy) is 1. The minimum Gasteiger partial charge on any atom is -0.497 e. The molecule has 0 unspecified atom stereocenters. The second-order valence-corrected chi connectivity index (χ2v) is 8.37. The zero-order chi connectivity index (χ0) is 21.5. The second kappa shape index (κ2) is 7.85. The molecule has 0 aliphatic rings. The summed E-state index contributed by atoms with van der Waals surface area (Å²) in [5, 5.41) is 5.22. The van der Waals surface area contributed by atoms with Crippen molar-refractivity contribution in [3.63, 3.8) is 0 Å². The molecular weight excluding hydrogens is 457 g/mol. The second-order valence-electron chi connectivity index (χ2n) is 6.58. The van der Waals surface area contributed by atoms with Gasteiger partial charge in [-0.3, -0.25) is 4.79 Å². The van der Waals surface area contributed by atoms with E-state index in [0.717, 1.165) is 11.3 Å². The number of aromatic nitrogens is 3. The minimum atomic E-state index is -0.258. The van der Waals surface area contributed by atoms with E-state index in [4.69, 9.17) is 32.4 Å². The van der Waals surface area contributed by atoms with E-state index in [1.54, 1.807) is 37.5 Å². The largest absolute Gasteiger partial charge is 0.497 e. The number of fused-ring (bicyclic) bond motifs is 1. The van der Waals surface area contributed by atoms with E-state index < -0.39 is 0 Å². The van der Waals surface area contributed by atoms with Crippen molar-refractivity contribution >= 4 is 45.6 Å². The summed E-state index contributed by atoms with van der Waals surface area (Å²) in [5.74, 6) is 2.30. The van der Waals surface area contributed by atoms with Crippen LogP contribution in [0.2, 0.25) is 10.0 Å². The summed E-state index contributed by atoms with van der Waals surface area (Å²) in [6.07, 6.45) is 1.67. The zero-order valence-electron chi connectivity index (χ0n) is 16.0. The van der Waals surface area contributed by atoms with Crippen molar-refractivity contribution in [1.82, 2.24) is 14.6 Å². The van der Waals surface area contributed by atoms with Gasteiger partial charge in [0.15, 0.2) is 5.82 Å². The van der Waals surface area contributed by atoms with Gasteiger partial charge in [0.05, 0.1) is 17.2 Å². The van der Waals surface area contributed by atoms with Gasteiger partial charge in [-0.05, 0) is 48.5 Å². The van der Waals surface area contributed by atoms with Crippen LogP contribution in [-0.4, -0.2) is 21.7 Å². The molecule has 0 amide bonds. The standard InChI is InChI=1S/C22H13Cl2N3O3S/c1-29-13-7-5-12(6-8-13)20-25-22-27(26-20)21(28)18(31-22)11-14-9-10-17(30-14)15-3-2-4-16(23)19(15)24/h2-11H,1H3/b18-11-. The summed E-state index contributed by atoms with van der Waals surface area (Å²) in [5.41, 5.74) is 1.23. The van der Waals surface area contributed by atoms with Crippen LogP contribution in [0.4, 0.5) is 0 Å². The van der Waals surface area contributed by atoms with E-state index in [1.165, 1.54) is 15.9 Å². The molecular formula is C22H13Cl2N3O3S. The molecule has 5 aromatic rings. The average molecular weight is 470 g/mol. The predicted molar refractivity (Wildman–Crippen MR) is 122 cm³/mol. The van der Waals surface area contributed by atoms with Crippen molar-refractivity contribution in [2.75, 3.05) is 7.11 Å². The maximum Gasteiger partial charge on any atom is 0.291 e. The van der Waals surface area contributed by atoms with Crippen molar-refractivity contribution in [3.8, 4) is 28.5 Å². The Morgan fingerprint density at radius 3 is 2.65 bits per heavy atom. The molecule has 0 saturated carbocycles. The number of nitrogens with zero attached hydrogens (tertiary/aromatic N) is 3. The van der Waals surface area contributed by atoms with E-state index >= 15 is 0 Å². The van der Waals surface area contributed by atoms with Crippen molar-refractivity contribution in [2.24, 2.45) is 0 Å². The quantitative estimate of drug-likeness (QED) is 0.372. The van der Waals surface area contributed by atoms with Crippen LogP contribution in [0.3, 0.4) is 0 Å². The van der Waals surface area contributed by atoms with Gasteiger partial charge >= 0.3 is 0 Å². The Labute approximate surface area is 189 Å². The highest BCUT2D eigenvalue weighted by Gasteiger charge is 2.14. The maximum absolute atomic E-state index is 12.8. The van der Waals surface area contributed by atoms with Gasteiger partial charge in [-0.25, -0.2) is 0 Å². The summed E-state index contributed by atoms with van der Waals surface area (Å²) >= 11 is 13.6. The van der Waals surface area contributed by atoms with Gasteiger partial charge in [-0.1, -0.05) is 40.6 Å². The van der Waals surface area contributed by atoms with Gasteiger partial charge in [0.2, 0.25) is 4.96 Å². The Balaban J connectivity index is 1.50. The molecule has 0 aliphatic heterocycles. The van der Waals surface area contributed by atoms with Crippen molar-refractivity contribution in [1.29, 1.82) is 0 Å². The van der Waals surface area contributed by atoms with E-state index in [2.05, 4.69) is 10.1 Å². The fourth-order valence-electron chi connectivity index (χ4n) is 3.09. The molecule has 31 heavy (non-hydrogen) atoms. The third-order valence-corrected chi connectivity index (χ3v) is 6.43. The molecule has 0 N–H and O–H groups in total. The smallest absolute Gasteiger partial charge is 0.291 e. The van der Waals surface area contributed by atoms with Gasteiger partial charge in [0.1, 0.15) is 21.8 Å². The molecule has 0 fully saturated rings. The Bertz CT molecular complexity index is 1520. The van der Waals surface area contributed by atoms with E-state index in [9.17, 15) is 4.79 Å². The number of methoxy groups -OCH3 is 1. The van der Waals surface area contributed by atoms with Crippen LogP contribution in [0.5, 0.6) is 5.75 Å². The number of benzene rings is 2. The number of rotatable bonds is 4. The number of halogens is 2. The highest BCUT2D eigenvalue weighted by Crippen LogP contribution is 2.34. The van der Waals surface area contributed by atoms with Crippen molar-refractivity contribution in [2.45, 2.75) is 0 Å². The molecule has 0 radical (unpaired) electrons. The molecule has 2 aromatic carbocycles. The van der Waals surface area contributed by atoms with Crippen LogP contribution in [0, 0.1) is 0 Å². The summed E-state index contributed by atoms with van der Waals surface area (Å²) < 4.78 is 12.8. The third-order valence-electron chi connectivity index (χ3n) is 4.65. The number of furan rings is 1. The molecule has 3 aromatic heterocycles. The topological polar surface area (TPSA) is 69.6 Å². The predicted octanol–water partition coefficient (Wildman–Crippen LogP) is 4.94. The van der Waals surface area contributed by atoms with Crippen LogP contribution in [0.15, 0.2) is 63.8 Å². The van der Waals surface area contributed by atoms with Crippen LogP contribution < -0.4 is 14.8 Å². The average Bonchev–Trinajstić information content (AvgIpc) is 3.48. The van der Waals surface area contributed by atoms with Gasteiger partial charge in [0.25, 0.3) is 5.56 Å². The van der Waals surface area contributed by atoms with Crippen LogP contribution in [-0.2, 0) is 0 Å². The fraction of sp³-hybridized carbons (Fsp3) is 0.0455. The minimum absolute atomic E-state index is 0.258. The molecule has 0 bridgehead atoms. The molecule has 5 rings (SSSR count). The van der Waals surface area contributed by atoms with E-state index in [0.29, 0.717) is 42.4 Å². The van der Waals surface area contributed by atoms with Crippen molar-refractivity contribution < 1.29 is 9.15 Å².